The van der Waals surface area contributed by atoms with Crippen molar-refractivity contribution < 1.29 is 39.8 Å². The van der Waals surface area contributed by atoms with Crippen LogP contribution in [0, 0.1) is 0 Å². The van der Waals surface area contributed by atoms with Crippen LogP contribution < -0.4 is 5.32 Å². The number of unbranched alkanes of at least 4 members (excludes halogenated alkanes) is 26. The lowest BCUT2D eigenvalue weighted by Gasteiger charge is -2.40. The van der Waals surface area contributed by atoms with Crippen molar-refractivity contribution in [2.24, 2.45) is 0 Å². The zero-order chi connectivity index (χ0) is 55.0. The standard InChI is InChI=1S/C67H115NO8/c1-3-5-7-9-11-13-15-17-18-19-20-21-22-23-24-25-26-27-28-29-30-31-32-33-34-35-36-37-38-39-40-41-42-43-44-45-47-49-51-53-55-57-63(71)68-60(59-75-67-66(74)65(73)64(72)62(58-69)76-67)61(70)56-54-52-50-48-46-16-14-12-10-8-6-4-2/h5,7,11,13,17-18,20-21,23-24,26-27,29-30,32-33,54,56,60-62,64-67,69-70,72-74H,3-4,6,8-10,12,14-16,19,22,25,28,31,34-53,55,57-59H2,1-2H3,(H,68,71)/b7-5-,13-11-,18-17-,21-20-,24-23-,27-26-,30-29-,33-32-,56-54+. The summed E-state index contributed by atoms with van der Waals surface area (Å²) in [4.78, 5) is 13.0. The minimum absolute atomic E-state index is 0.180. The van der Waals surface area contributed by atoms with E-state index in [2.05, 4.69) is 116 Å². The van der Waals surface area contributed by atoms with E-state index < -0.39 is 49.5 Å². The third-order valence-electron chi connectivity index (χ3n) is 14.1. The molecular formula is C67H115NO8. The van der Waals surface area contributed by atoms with Crippen LogP contribution >= 0.6 is 0 Å². The van der Waals surface area contributed by atoms with Crippen LogP contribution in [0.15, 0.2) is 109 Å². The van der Waals surface area contributed by atoms with Crippen molar-refractivity contribution in [1.29, 1.82) is 0 Å². The predicted molar refractivity (Wildman–Crippen MR) is 322 cm³/mol. The van der Waals surface area contributed by atoms with Crippen LogP contribution in [0.25, 0.3) is 0 Å². The topological polar surface area (TPSA) is 149 Å². The number of aliphatic hydroxyl groups is 5. The van der Waals surface area contributed by atoms with Crippen molar-refractivity contribution in [3.05, 3.63) is 109 Å². The summed E-state index contributed by atoms with van der Waals surface area (Å²) in [6.45, 7) is 3.65. The van der Waals surface area contributed by atoms with Crippen LogP contribution in [0.2, 0.25) is 0 Å². The number of rotatable bonds is 52. The van der Waals surface area contributed by atoms with E-state index in [9.17, 15) is 30.3 Å². The number of carbonyl (C=O) groups is 1. The first-order valence-electron chi connectivity index (χ1n) is 31.1. The lowest BCUT2D eigenvalue weighted by atomic mass is 9.99. The van der Waals surface area contributed by atoms with Crippen molar-refractivity contribution in [3.8, 4) is 0 Å². The van der Waals surface area contributed by atoms with Crippen LogP contribution in [-0.2, 0) is 14.3 Å². The lowest BCUT2D eigenvalue weighted by molar-refractivity contribution is -0.302. The van der Waals surface area contributed by atoms with Gasteiger partial charge in [0.1, 0.15) is 24.4 Å². The number of aliphatic hydroxyl groups excluding tert-OH is 5. The molecule has 1 fully saturated rings. The molecule has 436 valence electrons. The van der Waals surface area contributed by atoms with Crippen molar-refractivity contribution >= 4 is 5.91 Å². The lowest BCUT2D eigenvalue weighted by Crippen LogP contribution is -2.60. The molecule has 1 heterocycles. The van der Waals surface area contributed by atoms with Crippen molar-refractivity contribution in [3.63, 3.8) is 0 Å². The van der Waals surface area contributed by atoms with E-state index >= 15 is 0 Å². The highest BCUT2D eigenvalue weighted by atomic mass is 16.7. The second kappa shape index (κ2) is 55.2. The quantitative estimate of drug-likeness (QED) is 0.0261. The van der Waals surface area contributed by atoms with E-state index in [1.165, 1.54) is 141 Å². The van der Waals surface area contributed by atoms with Gasteiger partial charge < -0.3 is 40.3 Å². The maximum atomic E-state index is 13.0. The van der Waals surface area contributed by atoms with Crippen molar-refractivity contribution in [2.75, 3.05) is 13.2 Å². The molecule has 0 aromatic rings. The van der Waals surface area contributed by atoms with Gasteiger partial charge in [0.25, 0.3) is 0 Å². The van der Waals surface area contributed by atoms with Gasteiger partial charge in [0.05, 0.1) is 25.4 Å². The van der Waals surface area contributed by atoms with Gasteiger partial charge >= 0.3 is 0 Å². The van der Waals surface area contributed by atoms with E-state index in [1.807, 2.05) is 6.08 Å². The Morgan fingerprint density at radius 1 is 0.461 bits per heavy atom. The molecule has 0 radical (unpaired) electrons. The Morgan fingerprint density at radius 2 is 0.816 bits per heavy atom. The fourth-order valence-corrected chi connectivity index (χ4v) is 9.23. The van der Waals surface area contributed by atoms with Crippen LogP contribution in [-0.4, -0.2) is 87.5 Å². The number of allylic oxidation sites excluding steroid dienone is 17. The summed E-state index contributed by atoms with van der Waals surface area (Å²) in [5.41, 5.74) is 0. The summed E-state index contributed by atoms with van der Waals surface area (Å²) in [5.74, 6) is -0.180. The molecule has 1 saturated heterocycles. The van der Waals surface area contributed by atoms with Crippen LogP contribution in [0.5, 0.6) is 0 Å². The number of nitrogens with one attached hydrogen (secondary N) is 1. The summed E-state index contributed by atoms with van der Waals surface area (Å²) < 4.78 is 11.2. The minimum atomic E-state index is -1.57. The molecular weight excluding hydrogens is 947 g/mol. The van der Waals surface area contributed by atoms with Gasteiger partial charge in [-0.15, -0.1) is 0 Å². The molecule has 0 spiro atoms. The zero-order valence-corrected chi connectivity index (χ0v) is 48.5. The van der Waals surface area contributed by atoms with Crippen LogP contribution in [0.1, 0.15) is 251 Å². The fourth-order valence-electron chi connectivity index (χ4n) is 9.23. The molecule has 0 bridgehead atoms. The van der Waals surface area contributed by atoms with Gasteiger partial charge in [0, 0.05) is 6.42 Å². The number of carbonyl (C=O) groups excluding carboxylic acids is 1. The Bertz CT molecular complexity index is 1560. The predicted octanol–water partition coefficient (Wildman–Crippen LogP) is 16.1. The van der Waals surface area contributed by atoms with Crippen molar-refractivity contribution in [1.82, 2.24) is 5.32 Å². The molecule has 0 aliphatic carbocycles. The molecule has 1 rings (SSSR count). The fraction of sp³-hybridized carbons (Fsp3) is 0.716. The van der Waals surface area contributed by atoms with Crippen molar-refractivity contribution in [2.45, 2.75) is 294 Å². The number of hydrogen-bond donors (Lipinski definition) is 6. The second-order valence-electron chi connectivity index (χ2n) is 21.1. The molecule has 0 aromatic heterocycles. The molecule has 0 aromatic carbocycles. The minimum Gasteiger partial charge on any atom is -0.394 e. The van der Waals surface area contributed by atoms with Crippen LogP contribution in [0.4, 0.5) is 0 Å². The number of ether oxygens (including phenoxy) is 2. The zero-order valence-electron chi connectivity index (χ0n) is 48.5. The number of amides is 1. The third kappa shape index (κ3) is 43.8. The normalized spacial score (nSPS) is 19.6. The second-order valence-corrected chi connectivity index (χ2v) is 21.1. The van der Waals surface area contributed by atoms with Gasteiger partial charge in [-0.25, -0.2) is 0 Å². The summed E-state index contributed by atoms with van der Waals surface area (Å²) >= 11 is 0. The Labute approximate surface area is 466 Å². The van der Waals surface area contributed by atoms with E-state index in [0.29, 0.717) is 6.42 Å². The summed E-state index contributed by atoms with van der Waals surface area (Å²) in [6.07, 6.45) is 74.6. The maximum absolute atomic E-state index is 13.0. The Kier molecular flexibility index (Phi) is 51.4. The molecule has 9 heteroatoms. The van der Waals surface area contributed by atoms with E-state index in [1.54, 1.807) is 6.08 Å². The van der Waals surface area contributed by atoms with Crippen LogP contribution in [0.3, 0.4) is 0 Å². The molecule has 9 nitrogen and oxygen atoms in total. The molecule has 7 atom stereocenters. The monoisotopic (exact) mass is 1060 g/mol. The highest BCUT2D eigenvalue weighted by Crippen LogP contribution is 2.23. The smallest absolute Gasteiger partial charge is 0.220 e. The van der Waals surface area contributed by atoms with Gasteiger partial charge in [-0.2, -0.15) is 0 Å². The summed E-state index contributed by atoms with van der Waals surface area (Å²) in [6, 6.07) is -0.808. The molecule has 7 unspecified atom stereocenters. The molecule has 1 amide bonds. The SMILES string of the molecule is CC/C=C\C/C=C\C/C=C\C/C=C\C/C=C\C/C=C\C/C=C\C/C=C\CCCCCCCCCCCCCCCCCCC(=O)NC(COC1OC(CO)C(O)C(O)C1O)C(O)/C=C/CCCCCCCCCCCC. The van der Waals surface area contributed by atoms with Gasteiger partial charge in [-0.05, 0) is 83.5 Å². The Hall–Kier alpha value is -3.15. The summed E-state index contributed by atoms with van der Waals surface area (Å²) in [5, 5.41) is 54.4. The van der Waals surface area contributed by atoms with E-state index in [-0.39, 0.29) is 12.5 Å². The molecule has 6 N–H and O–H groups in total. The number of hydrogen-bond acceptors (Lipinski definition) is 8. The highest BCUT2D eigenvalue weighted by molar-refractivity contribution is 5.76. The van der Waals surface area contributed by atoms with Gasteiger partial charge in [-0.3, -0.25) is 4.79 Å². The largest absolute Gasteiger partial charge is 0.394 e. The highest BCUT2D eigenvalue weighted by Gasteiger charge is 2.44. The first-order valence-corrected chi connectivity index (χ1v) is 31.1. The van der Waals surface area contributed by atoms with Gasteiger partial charge in [0.15, 0.2) is 6.29 Å². The average Bonchev–Trinajstić information content (AvgIpc) is 3.42. The third-order valence-corrected chi connectivity index (χ3v) is 14.1. The summed E-state index contributed by atoms with van der Waals surface area (Å²) in [7, 11) is 0. The average molecular weight is 1060 g/mol. The van der Waals surface area contributed by atoms with E-state index in [4.69, 9.17) is 9.47 Å². The maximum Gasteiger partial charge on any atom is 0.220 e. The van der Waals surface area contributed by atoms with Gasteiger partial charge in [-0.1, -0.05) is 271 Å². The first kappa shape index (κ1) is 70.9. The van der Waals surface area contributed by atoms with Gasteiger partial charge in [0.2, 0.25) is 5.91 Å². The molecule has 1 aliphatic rings. The Morgan fingerprint density at radius 3 is 1.21 bits per heavy atom. The molecule has 0 saturated carbocycles. The molecule has 76 heavy (non-hydrogen) atoms. The van der Waals surface area contributed by atoms with E-state index in [0.717, 1.165) is 89.9 Å². The molecule has 1 aliphatic heterocycles. The first-order chi connectivity index (χ1) is 37.3. The Balaban J connectivity index is 2.07.